The van der Waals surface area contributed by atoms with Crippen LogP contribution in [0.15, 0.2) is 29.8 Å². The van der Waals surface area contributed by atoms with Crippen molar-refractivity contribution in [2.75, 3.05) is 37.6 Å². The van der Waals surface area contributed by atoms with E-state index in [9.17, 15) is 9.59 Å². The molecule has 2 aromatic rings. The summed E-state index contributed by atoms with van der Waals surface area (Å²) < 4.78 is 0. The predicted octanol–water partition coefficient (Wildman–Crippen LogP) is 3.40. The van der Waals surface area contributed by atoms with Gasteiger partial charge in [-0.1, -0.05) is 23.2 Å². The summed E-state index contributed by atoms with van der Waals surface area (Å²) in [6.07, 6.45) is 3.61. The van der Waals surface area contributed by atoms with Gasteiger partial charge in [0.25, 0.3) is 5.91 Å². The van der Waals surface area contributed by atoms with Gasteiger partial charge in [-0.3, -0.25) is 9.59 Å². The zero-order valence-electron chi connectivity index (χ0n) is 15.2. The number of aromatic nitrogens is 1. The molecule has 2 fully saturated rings. The number of benzene rings is 1. The lowest BCUT2D eigenvalue weighted by Gasteiger charge is -2.37. The van der Waals surface area contributed by atoms with Crippen molar-refractivity contribution < 1.29 is 9.59 Å². The van der Waals surface area contributed by atoms with Crippen LogP contribution in [-0.4, -0.2) is 65.4 Å². The maximum Gasteiger partial charge on any atom is 0.254 e. The number of rotatable bonds is 3. The normalized spacial score (nSPS) is 19.9. The molecule has 2 amide bonds. The first-order valence-corrected chi connectivity index (χ1v) is 10.9. The number of halogens is 2. The summed E-state index contributed by atoms with van der Waals surface area (Å²) in [5.74, 6) is 0.0207. The van der Waals surface area contributed by atoms with E-state index in [0.717, 1.165) is 24.5 Å². The van der Waals surface area contributed by atoms with Crippen molar-refractivity contribution in [2.24, 2.45) is 0 Å². The van der Waals surface area contributed by atoms with E-state index in [4.69, 9.17) is 23.2 Å². The molecule has 0 radical (unpaired) electrons. The van der Waals surface area contributed by atoms with Crippen molar-refractivity contribution in [1.29, 1.82) is 0 Å². The zero-order chi connectivity index (χ0) is 19.7. The van der Waals surface area contributed by atoms with Crippen LogP contribution >= 0.6 is 34.5 Å². The molecule has 148 valence electrons. The molecule has 9 heteroatoms. The minimum Gasteiger partial charge on any atom is -0.337 e. The lowest BCUT2D eigenvalue weighted by atomic mass is 10.1. The third kappa shape index (κ3) is 3.97. The quantitative estimate of drug-likeness (QED) is 0.736. The van der Waals surface area contributed by atoms with Gasteiger partial charge in [0.05, 0.1) is 0 Å². The van der Waals surface area contributed by atoms with E-state index in [-0.39, 0.29) is 17.9 Å². The topological polar surface area (TPSA) is 56.8 Å². The maximum atomic E-state index is 13.1. The van der Waals surface area contributed by atoms with Crippen LogP contribution in [0.3, 0.4) is 0 Å². The van der Waals surface area contributed by atoms with Crippen molar-refractivity contribution in [3.05, 3.63) is 45.4 Å². The van der Waals surface area contributed by atoms with Crippen LogP contribution in [-0.2, 0) is 4.79 Å². The van der Waals surface area contributed by atoms with Gasteiger partial charge in [-0.2, -0.15) is 0 Å². The van der Waals surface area contributed by atoms with Gasteiger partial charge in [0.1, 0.15) is 6.04 Å². The first-order chi connectivity index (χ1) is 13.5. The van der Waals surface area contributed by atoms with E-state index in [2.05, 4.69) is 9.88 Å². The summed E-state index contributed by atoms with van der Waals surface area (Å²) in [6, 6.07) is 4.70. The first-order valence-electron chi connectivity index (χ1n) is 9.23. The van der Waals surface area contributed by atoms with Gasteiger partial charge in [0.15, 0.2) is 5.13 Å². The van der Waals surface area contributed by atoms with Gasteiger partial charge in [-0.05, 0) is 31.0 Å². The van der Waals surface area contributed by atoms with Crippen LogP contribution in [0.2, 0.25) is 10.0 Å². The van der Waals surface area contributed by atoms with Gasteiger partial charge >= 0.3 is 0 Å². The van der Waals surface area contributed by atoms with Crippen LogP contribution in [0, 0.1) is 0 Å². The van der Waals surface area contributed by atoms with Gasteiger partial charge in [0, 0.05) is 59.9 Å². The van der Waals surface area contributed by atoms with E-state index in [1.165, 1.54) is 0 Å². The summed E-state index contributed by atoms with van der Waals surface area (Å²) in [5, 5.41) is 3.71. The minimum atomic E-state index is -0.153. The number of carbonyl (C=O) groups excluding carboxylic acids is 2. The Morgan fingerprint density at radius 3 is 2.32 bits per heavy atom. The number of hydrogen-bond donors (Lipinski definition) is 0. The Labute approximate surface area is 177 Å². The maximum absolute atomic E-state index is 13.1. The zero-order valence-corrected chi connectivity index (χ0v) is 17.5. The highest BCUT2D eigenvalue weighted by Crippen LogP contribution is 2.28. The first kappa shape index (κ1) is 19.5. The number of thiazole rings is 1. The fourth-order valence-corrected chi connectivity index (χ4v) is 5.06. The minimum absolute atomic E-state index is 0.109. The van der Waals surface area contributed by atoms with Crippen LogP contribution in [0.4, 0.5) is 5.13 Å². The molecular formula is C19H20Cl2N4O2S. The summed E-state index contributed by atoms with van der Waals surface area (Å²) in [6.45, 7) is 2.91. The molecule has 2 aliphatic heterocycles. The summed E-state index contributed by atoms with van der Waals surface area (Å²) in [7, 11) is 0. The third-order valence-corrected chi connectivity index (χ3v) is 6.44. The standard InChI is InChI=1S/C19H20Cl2N4O2S/c20-14-10-13(11-15(21)12-14)17(26)23-5-7-24(8-6-23)18(27)16-2-1-4-25(16)19-22-3-9-28-19/h3,9-12,16H,1-2,4-8H2. The highest BCUT2D eigenvalue weighted by atomic mass is 35.5. The SMILES string of the molecule is O=C(c1cc(Cl)cc(Cl)c1)N1CCN(C(=O)C2CCCN2c2nccs2)CC1. The second-order valence-electron chi connectivity index (χ2n) is 6.94. The molecule has 0 saturated carbocycles. The van der Waals surface area contributed by atoms with Crippen LogP contribution in [0.25, 0.3) is 0 Å². The van der Waals surface area contributed by atoms with Crippen LogP contribution < -0.4 is 4.90 Å². The molecule has 6 nitrogen and oxygen atoms in total. The molecule has 0 aliphatic carbocycles. The average molecular weight is 439 g/mol. The predicted molar refractivity (Wildman–Crippen MR) is 111 cm³/mol. The molecule has 2 aliphatic rings. The van der Waals surface area contributed by atoms with E-state index in [1.54, 1.807) is 40.6 Å². The second kappa shape index (κ2) is 8.27. The smallest absolute Gasteiger partial charge is 0.254 e. The lowest BCUT2D eigenvalue weighted by Crippen LogP contribution is -2.54. The number of amides is 2. The lowest BCUT2D eigenvalue weighted by molar-refractivity contribution is -0.133. The average Bonchev–Trinajstić information content (AvgIpc) is 3.37. The summed E-state index contributed by atoms with van der Waals surface area (Å²) in [4.78, 5) is 35.9. The Balaban J connectivity index is 1.38. The molecule has 0 bridgehead atoms. The molecule has 0 N–H and O–H groups in total. The number of hydrogen-bond acceptors (Lipinski definition) is 5. The highest BCUT2D eigenvalue weighted by molar-refractivity contribution is 7.13. The fourth-order valence-electron chi connectivity index (χ4n) is 3.81. The molecule has 1 aromatic heterocycles. The largest absolute Gasteiger partial charge is 0.337 e. The molecule has 1 atom stereocenters. The van der Waals surface area contributed by atoms with Crippen molar-refractivity contribution in [1.82, 2.24) is 14.8 Å². The van der Waals surface area contributed by atoms with E-state index in [0.29, 0.717) is 41.8 Å². The van der Waals surface area contributed by atoms with Gasteiger partial charge < -0.3 is 14.7 Å². The molecule has 28 heavy (non-hydrogen) atoms. The number of nitrogens with zero attached hydrogens (tertiary/aromatic N) is 4. The van der Waals surface area contributed by atoms with Gasteiger partial charge in [-0.15, -0.1) is 11.3 Å². The second-order valence-corrected chi connectivity index (χ2v) is 8.69. The Bertz CT molecular complexity index is 849. The van der Waals surface area contributed by atoms with Crippen molar-refractivity contribution >= 4 is 51.5 Å². The molecule has 2 saturated heterocycles. The van der Waals surface area contributed by atoms with Crippen molar-refractivity contribution in [3.63, 3.8) is 0 Å². The van der Waals surface area contributed by atoms with Crippen molar-refractivity contribution in [2.45, 2.75) is 18.9 Å². The van der Waals surface area contributed by atoms with E-state index in [1.807, 2.05) is 10.3 Å². The molecule has 0 spiro atoms. The summed E-state index contributed by atoms with van der Waals surface area (Å²) in [5.41, 5.74) is 0.475. The van der Waals surface area contributed by atoms with Crippen LogP contribution in [0.5, 0.6) is 0 Å². The van der Waals surface area contributed by atoms with E-state index >= 15 is 0 Å². The van der Waals surface area contributed by atoms with Crippen LogP contribution in [0.1, 0.15) is 23.2 Å². The Morgan fingerprint density at radius 2 is 1.68 bits per heavy atom. The highest BCUT2D eigenvalue weighted by Gasteiger charge is 2.36. The van der Waals surface area contributed by atoms with Gasteiger partial charge in [0.2, 0.25) is 5.91 Å². The monoisotopic (exact) mass is 438 g/mol. The fraction of sp³-hybridized carbons (Fsp3) is 0.421. The summed E-state index contributed by atoms with van der Waals surface area (Å²) >= 11 is 13.6. The van der Waals surface area contributed by atoms with E-state index < -0.39 is 0 Å². The Kier molecular flexibility index (Phi) is 5.75. The molecule has 4 rings (SSSR count). The Morgan fingerprint density at radius 1 is 1.00 bits per heavy atom. The third-order valence-electron chi connectivity index (χ3n) is 5.19. The molecular weight excluding hydrogens is 419 g/mol. The van der Waals surface area contributed by atoms with Crippen molar-refractivity contribution in [3.8, 4) is 0 Å². The Hall–Kier alpha value is -1.83. The molecule has 1 aromatic carbocycles. The number of anilines is 1. The number of carbonyl (C=O) groups is 2. The number of piperazine rings is 1. The molecule has 3 heterocycles. The van der Waals surface area contributed by atoms with Gasteiger partial charge in [-0.25, -0.2) is 4.98 Å². The molecule has 1 unspecified atom stereocenters.